The molecule has 2 rings (SSSR count). The van der Waals surface area contributed by atoms with Gasteiger partial charge in [0, 0.05) is 19.0 Å². The summed E-state index contributed by atoms with van der Waals surface area (Å²) in [4.78, 5) is 28.3. The van der Waals surface area contributed by atoms with Crippen molar-refractivity contribution in [3.8, 4) is 5.75 Å². The molecular formula is C18H24N2O4. The summed E-state index contributed by atoms with van der Waals surface area (Å²) in [6, 6.07) is 3.69. The number of esters is 1. The minimum absolute atomic E-state index is 0.0255. The first-order valence-electron chi connectivity index (χ1n) is 8.37. The Bertz CT molecular complexity index is 721. The van der Waals surface area contributed by atoms with Gasteiger partial charge in [0.15, 0.2) is 17.2 Å². The summed E-state index contributed by atoms with van der Waals surface area (Å²) in [5.74, 6) is 0.485. The molecule has 2 aromatic rings. The van der Waals surface area contributed by atoms with Gasteiger partial charge in [0.1, 0.15) is 5.69 Å². The van der Waals surface area contributed by atoms with E-state index in [2.05, 4.69) is 4.98 Å². The number of ether oxygens (including phenoxy) is 2. The van der Waals surface area contributed by atoms with Gasteiger partial charge in [0.05, 0.1) is 18.9 Å². The van der Waals surface area contributed by atoms with Crippen LogP contribution in [0.2, 0.25) is 0 Å². The molecule has 0 unspecified atom stereocenters. The maximum Gasteiger partial charge on any atom is 0.305 e. The number of hydrogen-bond donors (Lipinski definition) is 0. The van der Waals surface area contributed by atoms with Crippen LogP contribution in [0.15, 0.2) is 18.3 Å². The lowest BCUT2D eigenvalue weighted by Crippen LogP contribution is -2.07. The second kappa shape index (κ2) is 8.47. The Morgan fingerprint density at radius 1 is 1.17 bits per heavy atom. The maximum absolute atomic E-state index is 12.6. The molecule has 0 N–H and O–H groups in total. The fourth-order valence-corrected chi connectivity index (χ4v) is 2.67. The molecule has 2 aromatic heterocycles. The van der Waals surface area contributed by atoms with Gasteiger partial charge in [-0.3, -0.25) is 14.0 Å². The maximum atomic E-state index is 12.6. The van der Waals surface area contributed by atoms with Gasteiger partial charge in [-0.1, -0.05) is 0 Å². The van der Waals surface area contributed by atoms with Crippen molar-refractivity contribution in [3.05, 3.63) is 29.7 Å². The lowest BCUT2D eigenvalue weighted by Gasteiger charge is -2.06. The van der Waals surface area contributed by atoms with Gasteiger partial charge in [-0.05, 0) is 45.7 Å². The number of carbonyl (C=O) groups excluding carboxylic acids is 2. The number of fused-ring (bicyclic) bond motifs is 1. The van der Waals surface area contributed by atoms with Crippen molar-refractivity contribution in [2.24, 2.45) is 0 Å². The normalized spacial score (nSPS) is 10.8. The van der Waals surface area contributed by atoms with Crippen LogP contribution in [0.4, 0.5) is 0 Å². The van der Waals surface area contributed by atoms with E-state index in [1.807, 2.05) is 32.2 Å². The van der Waals surface area contributed by atoms with Crippen molar-refractivity contribution in [3.63, 3.8) is 0 Å². The average molecular weight is 332 g/mol. The Kier molecular flexibility index (Phi) is 6.35. The van der Waals surface area contributed by atoms with E-state index >= 15 is 0 Å². The van der Waals surface area contributed by atoms with Crippen LogP contribution in [-0.2, 0) is 9.53 Å². The number of hydrogen-bond acceptors (Lipinski definition) is 5. The second-order valence-corrected chi connectivity index (χ2v) is 5.48. The van der Waals surface area contributed by atoms with Crippen LogP contribution in [0.25, 0.3) is 5.65 Å². The fraction of sp³-hybridized carbons (Fsp3) is 0.500. The number of Topliss-reactive ketones (excluding diaryl/α,β-unsaturated/α-hetero) is 1. The van der Waals surface area contributed by atoms with Crippen molar-refractivity contribution in [2.45, 2.75) is 46.5 Å². The van der Waals surface area contributed by atoms with E-state index in [9.17, 15) is 9.59 Å². The molecule has 24 heavy (non-hydrogen) atoms. The standard InChI is InChI=1S/C18H24N2O4/c1-4-23-15-10-8-12-20-17(13(3)19-18(15)20)14(21)9-6-7-11-16(22)24-5-2/h8,10,12H,4-7,9,11H2,1-3H3. The molecule has 0 aromatic carbocycles. The Labute approximate surface area is 141 Å². The van der Waals surface area contributed by atoms with E-state index in [0.717, 1.165) is 0 Å². The number of nitrogens with zero attached hydrogens (tertiary/aromatic N) is 2. The average Bonchev–Trinajstić information content (AvgIpc) is 2.89. The number of imidazole rings is 1. The minimum Gasteiger partial charge on any atom is -0.490 e. The molecule has 0 saturated heterocycles. The highest BCUT2D eigenvalue weighted by Gasteiger charge is 2.18. The molecule has 0 fully saturated rings. The van der Waals surface area contributed by atoms with Gasteiger partial charge in [0.2, 0.25) is 0 Å². The van der Waals surface area contributed by atoms with Crippen molar-refractivity contribution in [1.29, 1.82) is 0 Å². The molecule has 2 heterocycles. The number of unbranched alkanes of at least 4 members (excludes halogenated alkanes) is 1. The van der Waals surface area contributed by atoms with Crippen LogP contribution in [0, 0.1) is 6.92 Å². The number of pyridine rings is 1. The van der Waals surface area contributed by atoms with Crippen LogP contribution in [0.5, 0.6) is 5.75 Å². The van der Waals surface area contributed by atoms with Crippen LogP contribution in [0.3, 0.4) is 0 Å². The summed E-state index contributed by atoms with van der Waals surface area (Å²) < 4.78 is 12.2. The molecule has 130 valence electrons. The third-order valence-electron chi connectivity index (χ3n) is 3.69. The first kappa shape index (κ1) is 18.0. The summed E-state index contributed by atoms with van der Waals surface area (Å²) in [6.07, 6.45) is 3.85. The molecule has 0 amide bonds. The predicted molar refractivity (Wildman–Crippen MR) is 90.5 cm³/mol. The molecule has 0 aliphatic heterocycles. The number of ketones is 1. The summed E-state index contributed by atoms with van der Waals surface area (Å²) >= 11 is 0. The Morgan fingerprint density at radius 3 is 2.62 bits per heavy atom. The van der Waals surface area contributed by atoms with Crippen LogP contribution in [-0.4, -0.2) is 34.4 Å². The van der Waals surface area contributed by atoms with Crippen LogP contribution < -0.4 is 4.74 Å². The highest BCUT2D eigenvalue weighted by Crippen LogP contribution is 2.23. The van der Waals surface area contributed by atoms with Gasteiger partial charge in [-0.15, -0.1) is 0 Å². The Balaban J connectivity index is 2.06. The van der Waals surface area contributed by atoms with Crippen molar-refractivity contribution >= 4 is 17.4 Å². The van der Waals surface area contributed by atoms with Crippen molar-refractivity contribution in [2.75, 3.05) is 13.2 Å². The molecule has 0 saturated carbocycles. The monoisotopic (exact) mass is 332 g/mol. The van der Waals surface area contributed by atoms with E-state index in [0.29, 0.717) is 61.7 Å². The summed E-state index contributed by atoms with van der Waals surface area (Å²) in [5, 5.41) is 0. The zero-order valence-corrected chi connectivity index (χ0v) is 14.5. The number of aryl methyl sites for hydroxylation is 1. The molecule has 0 aliphatic carbocycles. The predicted octanol–water partition coefficient (Wildman–Crippen LogP) is 3.35. The van der Waals surface area contributed by atoms with Gasteiger partial charge in [-0.25, -0.2) is 4.98 Å². The first-order chi connectivity index (χ1) is 11.6. The number of aromatic nitrogens is 2. The molecule has 6 heteroatoms. The van der Waals surface area contributed by atoms with Crippen molar-refractivity contribution in [1.82, 2.24) is 9.38 Å². The van der Waals surface area contributed by atoms with Crippen molar-refractivity contribution < 1.29 is 19.1 Å². The number of carbonyl (C=O) groups is 2. The van der Waals surface area contributed by atoms with E-state index in [1.54, 1.807) is 11.3 Å². The fourth-order valence-electron chi connectivity index (χ4n) is 2.67. The van der Waals surface area contributed by atoms with Gasteiger partial charge in [0.25, 0.3) is 0 Å². The molecule has 0 spiro atoms. The molecule has 0 atom stereocenters. The summed E-state index contributed by atoms with van der Waals surface area (Å²) in [6.45, 7) is 6.46. The molecular weight excluding hydrogens is 308 g/mol. The third-order valence-corrected chi connectivity index (χ3v) is 3.69. The second-order valence-electron chi connectivity index (χ2n) is 5.48. The highest BCUT2D eigenvalue weighted by atomic mass is 16.5. The smallest absolute Gasteiger partial charge is 0.305 e. The van der Waals surface area contributed by atoms with E-state index in [4.69, 9.17) is 9.47 Å². The molecule has 6 nitrogen and oxygen atoms in total. The van der Waals surface area contributed by atoms with E-state index in [1.165, 1.54) is 0 Å². The van der Waals surface area contributed by atoms with Gasteiger partial charge >= 0.3 is 5.97 Å². The third kappa shape index (κ3) is 4.13. The SMILES string of the molecule is CCOC(=O)CCCCC(=O)c1c(C)nc2c(OCC)cccn12. The first-order valence-corrected chi connectivity index (χ1v) is 8.37. The molecule has 0 radical (unpaired) electrons. The topological polar surface area (TPSA) is 69.9 Å². The molecule has 0 aliphatic rings. The molecule has 0 bridgehead atoms. The highest BCUT2D eigenvalue weighted by molar-refractivity contribution is 5.96. The minimum atomic E-state index is -0.211. The lowest BCUT2D eigenvalue weighted by molar-refractivity contribution is -0.143. The van der Waals surface area contributed by atoms with Gasteiger partial charge < -0.3 is 9.47 Å². The summed E-state index contributed by atoms with van der Waals surface area (Å²) in [7, 11) is 0. The van der Waals surface area contributed by atoms with Crippen LogP contribution >= 0.6 is 0 Å². The zero-order valence-electron chi connectivity index (χ0n) is 14.5. The van der Waals surface area contributed by atoms with Gasteiger partial charge in [-0.2, -0.15) is 0 Å². The van der Waals surface area contributed by atoms with E-state index in [-0.39, 0.29) is 11.8 Å². The van der Waals surface area contributed by atoms with Crippen LogP contribution in [0.1, 0.15) is 55.7 Å². The quantitative estimate of drug-likeness (QED) is 0.400. The Hall–Kier alpha value is -2.37. The lowest BCUT2D eigenvalue weighted by atomic mass is 10.1. The number of rotatable bonds is 9. The summed E-state index contributed by atoms with van der Waals surface area (Å²) in [5.41, 5.74) is 1.94. The zero-order chi connectivity index (χ0) is 17.5. The Morgan fingerprint density at radius 2 is 1.92 bits per heavy atom. The van der Waals surface area contributed by atoms with E-state index < -0.39 is 0 Å². The largest absolute Gasteiger partial charge is 0.490 e.